The third-order valence-corrected chi connectivity index (χ3v) is 3.14. The smallest absolute Gasteiger partial charge is 0.216 e. The Labute approximate surface area is 112 Å². The minimum Gasteiger partial charge on any atom is -0.475 e. The molecule has 0 spiro atoms. The third-order valence-electron chi connectivity index (χ3n) is 3.14. The van der Waals surface area contributed by atoms with Crippen molar-refractivity contribution in [1.29, 1.82) is 0 Å². The van der Waals surface area contributed by atoms with Crippen LogP contribution in [-0.2, 0) is 9.53 Å². The van der Waals surface area contributed by atoms with Crippen molar-refractivity contribution in [1.82, 2.24) is 0 Å². The Bertz CT molecular complexity index is 536. The second-order valence-corrected chi connectivity index (χ2v) is 4.98. The molecule has 0 fully saturated rings. The van der Waals surface area contributed by atoms with Crippen LogP contribution in [0.15, 0.2) is 47.5 Å². The second kappa shape index (κ2) is 4.97. The van der Waals surface area contributed by atoms with Gasteiger partial charge < -0.3 is 9.84 Å². The lowest BCUT2D eigenvalue weighted by Gasteiger charge is -2.23. The van der Waals surface area contributed by atoms with Gasteiger partial charge in [-0.3, -0.25) is 4.79 Å². The average molecular weight is 259 g/mol. The minimum atomic E-state index is -1.23. The number of ketones is 1. The molecule has 0 saturated heterocycles. The highest BCUT2D eigenvalue weighted by Gasteiger charge is 2.43. The van der Waals surface area contributed by atoms with Gasteiger partial charge in [0, 0.05) is 5.56 Å². The number of hydrogen-bond acceptors (Lipinski definition) is 4. The first-order chi connectivity index (χ1) is 8.94. The fraction of sp³-hybridized carbons (Fsp3) is 0.333. The Morgan fingerprint density at radius 2 is 2.11 bits per heavy atom. The number of aliphatic hydroxyl groups excluding tert-OH is 1. The van der Waals surface area contributed by atoms with Crippen LogP contribution in [0.1, 0.15) is 19.4 Å². The highest BCUT2D eigenvalue weighted by molar-refractivity contribution is 6.00. The van der Waals surface area contributed by atoms with Gasteiger partial charge >= 0.3 is 0 Å². The summed E-state index contributed by atoms with van der Waals surface area (Å²) in [6.45, 7) is 7.01. The van der Waals surface area contributed by atoms with Crippen LogP contribution in [-0.4, -0.2) is 35.0 Å². The summed E-state index contributed by atoms with van der Waals surface area (Å²) in [5.74, 6) is 0.0563. The molecule has 4 heteroatoms. The van der Waals surface area contributed by atoms with Crippen LogP contribution < -0.4 is 0 Å². The molecular weight excluding hydrogens is 242 g/mol. The van der Waals surface area contributed by atoms with E-state index in [9.17, 15) is 9.90 Å². The zero-order valence-corrected chi connectivity index (χ0v) is 11.1. The van der Waals surface area contributed by atoms with Gasteiger partial charge in [0.25, 0.3) is 0 Å². The van der Waals surface area contributed by atoms with Gasteiger partial charge in [-0.2, -0.15) is 0 Å². The molecule has 0 aliphatic carbocycles. The van der Waals surface area contributed by atoms with Crippen molar-refractivity contribution in [2.24, 2.45) is 4.99 Å². The van der Waals surface area contributed by atoms with E-state index in [1.807, 2.05) is 30.3 Å². The number of Topliss-reactive ketones (excluding diaryl/α,β-unsaturated/α-hetero) is 1. The fourth-order valence-corrected chi connectivity index (χ4v) is 1.90. The Hall–Kier alpha value is -1.94. The quantitative estimate of drug-likeness (QED) is 0.838. The van der Waals surface area contributed by atoms with Gasteiger partial charge in [-0.1, -0.05) is 24.8 Å². The predicted octanol–water partition coefficient (Wildman–Crippen LogP) is 1.73. The maximum Gasteiger partial charge on any atom is 0.216 e. The maximum absolute atomic E-state index is 11.8. The molecule has 1 N–H and O–H groups in total. The van der Waals surface area contributed by atoms with Crippen LogP contribution in [0.25, 0.3) is 0 Å². The number of ether oxygens (including phenoxy) is 1. The van der Waals surface area contributed by atoms with Crippen LogP contribution >= 0.6 is 0 Å². The zero-order valence-electron chi connectivity index (χ0n) is 11.1. The van der Waals surface area contributed by atoms with Gasteiger partial charge in [-0.05, 0) is 31.6 Å². The minimum absolute atomic E-state index is 0.178. The molecule has 19 heavy (non-hydrogen) atoms. The summed E-state index contributed by atoms with van der Waals surface area (Å²) in [5.41, 5.74) is 0.194. The predicted molar refractivity (Wildman–Crippen MR) is 73.2 cm³/mol. The van der Waals surface area contributed by atoms with Gasteiger partial charge in [-0.15, -0.1) is 0 Å². The molecule has 0 bridgehead atoms. The molecule has 1 aromatic rings. The van der Waals surface area contributed by atoms with Crippen LogP contribution in [0.4, 0.5) is 0 Å². The summed E-state index contributed by atoms with van der Waals surface area (Å²) < 4.78 is 5.51. The van der Waals surface area contributed by atoms with Crippen molar-refractivity contribution < 1.29 is 14.6 Å². The van der Waals surface area contributed by atoms with Gasteiger partial charge in [-0.25, -0.2) is 4.99 Å². The molecule has 2 rings (SSSR count). The molecule has 0 amide bonds. The summed E-state index contributed by atoms with van der Waals surface area (Å²) in [4.78, 5) is 16.2. The number of aliphatic imine (C=N–C) groups is 1. The molecule has 100 valence electrons. The van der Waals surface area contributed by atoms with E-state index >= 15 is 0 Å². The van der Waals surface area contributed by atoms with E-state index in [1.165, 1.54) is 0 Å². The molecule has 1 aliphatic rings. The van der Waals surface area contributed by atoms with E-state index in [4.69, 9.17) is 4.74 Å². The van der Waals surface area contributed by atoms with Crippen LogP contribution in [0, 0.1) is 0 Å². The van der Waals surface area contributed by atoms with Crippen molar-refractivity contribution in [3.8, 4) is 0 Å². The molecule has 2 unspecified atom stereocenters. The first-order valence-electron chi connectivity index (χ1n) is 6.10. The fourth-order valence-electron chi connectivity index (χ4n) is 1.90. The molecule has 4 nitrogen and oxygen atoms in total. The van der Waals surface area contributed by atoms with Crippen molar-refractivity contribution in [2.75, 3.05) is 6.61 Å². The third kappa shape index (κ3) is 2.58. The number of benzene rings is 1. The monoisotopic (exact) mass is 259 g/mol. The normalized spacial score (nSPS) is 23.4. The van der Waals surface area contributed by atoms with E-state index in [1.54, 1.807) is 13.8 Å². The SMILES string of the molecule is C=C(C)C(=O)C(O)C1(C)COC(c2ccccc2)=N1. The van der Waals surface area contributed by atoms with Crippen molar-refractivity contribution in [2.45, 2.75) is 25.5 Å². The van der Waals surface area contributed by atoms with Gasteiger partial charge in [0.05, 0.1) is 0 Å². The molecule has 0 radical (unpaired) electrons. The van der Waals surface area contributed by atoms with Gasteiger partial charge in [0.1, 0.15) is 18.2 Å². The highest BCUT2D eigenvalue weighted by atomic mass is 16.5. The second-order valence-electron chi connectivity index (χ2n) is 4.98. The Kier molecular flexibility index (Phi) is 3.53. The van der Waals surface area contributed by atoms with Crippen molar-refractivity contribution in [3.63, 3.8) is 0 Å². The Balaban J connectivity index is 2.26. The molecule has 0 aromatic heterocycles. The molecule has 1 aliphatic heterocycles. The van der Waals surface area contributed by atoms with Crippen LogP contribution in [0.3, 0.4) is 0 Å². The van der Waals surface area contributed by atoms with Crippen LogP contribution in [0.5, 0.6) is 0 Å². The number of rotatable bonds is 4. The first-order valence-corrected chi connectivity index (χ1v) is 6.10. The Morgan fingerprint density at radius 3 is 2.68 bits per heavy atom. The molecule has 1 heterocycles. The molecular formula is C15H17NO3. The summed E-state index contributed by atoms with van der Waals surface area (Å²) in [7, 11) is 0. The lowest BCUT2D eigenvalue weighted by atomic mass is 9.91. The van der Waals surface area contributed by atoms with E-state index in [0.717, 1.165) is 5.56 Å². The lowest BCUT2D eigenvalue weighted by Crippen LogP contribution is -2.44. The highest BCUT2D eigenvalue weighted by Crippen LogP contribution is 2.26. The maximum atomic E-state index is 11.8. The number of carbonyl (C=O) groups is 1. The van der Waals surface area contributed by atoms with E-state index in [-0.39, 0.29) is 6.61 Å². The van der Waals surface area contributed by atoms with E-state index in [0.29, 0.717) is 11.5 Å². The number of nitrogens with zero attached hydrogens (tertiary/aromatic N) is 1. The topological polar surface area (TPSA) is 58.9 Å². The zero-order chi connectivity index (χ0) is 14.0. The summed E-state index contributed by atoms with van der Waals surface area (Å²) >= 11 is 0. The molecule has 1 aromatic carbocycles. The standard InChI is InChI=1S/C15H17NO3/c1-10(2)12(17)13(18)15(3)9-19-14(16-15)11-7-5-4-6-8-11/h4-8,13,18H,1,9H2,2-3H3. The summed E-state index contributed by atoms with van der Waals surface area (Å²) in [5, 5.41) is 10.1. The van der Waals surface area contributed by atoms with Crippen LogP contribution in [0.2, 0.25) is 0 Å². The lowest BCUT2D eigenvalue weighted by molar-refractivity contribution is -0.126. The molecule has 0 saturated carbocycles. The summed E-state index contributed by atoms with van der Waals surface area (Å²) in [6, 6.07) is 9.41. The number of aliphatic hydroxyl groups is 1. The van der Waals surface area contributed by atoms with Crippen molar-refractivity contribution >= 4 is 11.7 Å². The first kappa shape index (κ1) is 13.5. The van der Waals surface area contributed by atoms with Gasteiger partial charge in [0.2, 0.25) is 5.90 Å². The number of carbonyl (C=O) groups excluding carboxylic acids is 1. The summed E-state index contributed by atoms with van der Waals surface area (Å²) in [6.07, 6.45) is -1.23. The largest absolute Gasteiger partial charge is 0.475 e. The van der Waals surface area contributed by atoms with E-state index in [2.05, 4.69) is 11.6 Å². The molecule has 2 atom stereocenters. The van der Waals surface area contributed by atoms with E-state index < -0.39 is 17.4 Å². The Morgan fingerprint density at radius 1 is 1.47 bits per heavy atom. The van der Waals surface area contributed by atoms with Crippen molar-refractivity contribution in [3.05, 3.63) is 48.0 Å². The average Bonchev–Trinajstić information content (AvgIpc) is 2.82. The number of hydrogen-bond donors (Lipinski definition) is 1. The van der Waals surface area contributed by atoms with Gasteiger partial charge in [0.15, 0.2) is 5.78 Å².